The van der Waals surface area contributed by atoms with Gasteiger partial charge in [0.2, 0.25) is 0 Å². The molecular weight excluding hydrogens is 243 g/mol. The van der Waals surface area contributed by atoms with Crippen LogP contribution in [-0.2, 0) is 16.4 Å². The lowest BCUT2D eigenvalue weighted by Crippen LogP contribution is -2.22. The van der Waals surface area contributed by atoms with Crippen LogP contribution in [0.5, 0.6) is 0 Å². The molecule has 1 heterocycles. The molecule has 0 saturated carbocycles. The van der Waals surface area contributed by atoms with E-state index in [0.29, 0.717) is 17.7 Å². The van der Waals surface area contributed by atoms with Crippen LogP contribution in [0, 0.1) is 5.82 Å². The summed E-state index contributed by atoms with van der Waals surface area (Å²) in [5, 5.41) is 3.06. The van der Waals surface area contributed by atoms with Crippen molar-refractivity contribution in [1.29, 1.82) is 0 Å². The Morgan fingerprint density at radius 1 is 1.47 bits per heavy atom. The minimum absolute atomic E-state index is 0.0917. The molecule has 0 aromatic heterocycles. The molecule has 3 N–H and O–H groups in total. The Hall–Kier alpha value is -1.14. The van der Waals surface area contributed by atoms with Crippen molar-refractivity contribution in [3.63, 3.8) is 0 Å². The summed E-state index contributed by atoms with van der Waals surface area (Å²) in [6.07, 6.45) is 0.558. The molecule has 1 aromatic rings. The van der Waals surface area contributed by atoms with Gasteiger partial charge >= 0.3 is 0 Å². The van der Waals surface area contributed by atoms with Crippen LogP contribution in [0.15, 0.2) is 18.2 Å². The van der Waals surface area contributed by atoms with Gasteiger partial charge in [0.25, 0.3) is 0 Å². The van der Waals surface area contributed by atoms with Crippen molar-refractivity contribution in [2.45, 2.75) is 19.0 Å². The van der Waals surface area contributed by atoms with Crippen LogP contribution in [-0.4, -0.2) is 26.0 Å². The van der Waals surface area contributed by atoms with Crippen molar-refractivity contribution in [3.05, 3.63) is 29.6 Å². The van der Waals surface area contributed by atoms with E-state index in [1.54, 1.807) is 12.1 Å². The van der Waals surface area contributed by atoms with E-state index in [-0.39, 0.29) is 29.9 Å². The first-order valence-corrected chi connectivity index (χ1v) is 7.28. The number of nitrogens with one attached hydrogen (secondary N) is 1. The Bertz CT molecular complexity index is 516. The van der Waals surface area contributed by atoms with E-state index in [9.17, 15) is 12.8 Å². The minimum atomic E-state index is -2.93. The lowest BCUT2D eigenvalue weighted by atomic mass is 10.1. The van der Waals surface area contributed by atoms with Gasteiger partial charge < -0.3 is 11.1 Å². The Morgan fingerprint density at radius 2 is 2.24 bits per heavy atom. The van der Waals surface area contributed by atoms with Crippen molar-refractivity contribution in [1.82, 2.24) is 0 Å². The topological polar surface area (TPSA) is 72.2 Å². The monoisotopic (exact) mass is 258 g/mol. The molecule has 0 radical (unpaired) electrons. The summed E-state index contributed by atoms with van der Waals surface area (Å²) >= 11 is 0. The van der Waals surface area contributed by atoms with E-state index in [1.165, 1.54) is 6.07 Å². The van der Waals surface area contributed by atoms with Crippen LogP contribution < -0.4 is 11.1 Å². The first-order chi connectivity index (χ1) is 8.02. The van der Waals surface area contributed by atoms with Gasteiger partial charge in [-0.3, -0.25) is 0 Å². The molecule has 1 unspecified atom stereocenters. The Balaban J connectivity index is 2.17. The Kier molecular flexibility index (Phi) is 3.35. The highest BCUT2D eigenvalue weighted by Crippen LogP contribution is 2.22. The van der Waals surface area contributed by atoms with Gasteiger partial charge in [-0.05, 0) is 18.6 Å². The fourth-order valence-corrected chi connectivity index (χ4v) is 3.70. The van der Waals surface area contributed by atoms with Gasteiger partial charge in [-0.25, -0.2) is 12.8 Å². The van der Waals surface area contributed by atoms with Gasteiger partial charge in [0.05, 0.1) is 11.5 Å². The Labute approximate surface area is 99.9 Å². The van der Waals surface area contributed by atoms with Crippen LogP contribution in [0.2, 0.25) is 0 Å². The van der Waals surface area contributed by atoms with E-state index in [4.69, 9.17) is 5.73 Å². The zero-order chi connectivity index (χ0) is 12.5. The van der Waals surface area contributed by atoms with Crippen molar-refractivity contribution < 1.29 is 12.8 Å². The number of nitrogens with two attached hydrogens (primary N) is 1. The zero-order valence-electron chi connectivity index (χ0n) is 9.32. The molecule has 0 aliphatic carbocycles. The fraction of sp³-hybridized carbons (Fsp3) is 0.455. The predicted molar refractivity (Wildman–Crippen MR) is 65.0 cm³/mol. The number of rotatable bonds is 3. The van der Waals surface area contributed by atoms with Gasteiger partial charge in [-0.15, -0.1) is 0 Å². The minimum Gasteiger partial charge on any atom is -0.381 e. The molecule has 94 valence electrons. The summed E-state index contributed by atoms with van der Waals surface area (Å²) in [6.45, 7) is 0.0917. The van der Waals surface area contributed by atoms with Crippen LogP contribution in [0.25, 0.3) is 0 Å². The maximum atomic E-state index is 13.4. The molecule has 2 rings (SSSR count). The van der Waals surface area contributed by atoms with E-state index < -0.39 is 9.84 Å². The molecule has 1 fully saturated rings. The third kappa shape index (κ3) is 2.76. The normalized spacial score (nSPS) is 22.6. The third-order valence-corrected chi connectivity index (χ3v) is 4.68. The highest BCUT2D eigenvalue weighted by Gasteiger charge is 2.28. The summed E-state index contributed by atoms with van der Waals surface area (Å²) < 4.78 is 36.1. The van der Waals surface area contributed by atoms with E-state index in [2.05, 4.69) is 5.32 Å². The number of sulfone groups is 1. The summed E-state index contributed by atoms with van der Waals surface area (Å²) in [5.74, 6) is -0.0655. The average Bonchev–Trinajstić information content (AvgIpc) is 2.58. The number of hydrogen-bond acceptors (Lipinski definition) is 4. The van der Waals surface area contributed by atoms with Crippen molar-refractivity contribution in [3.8, 4) is 0 Å². The molecule has 1 atom stereocenters. The summed E-state index contributed by atoms with van der Waals surface area (Å²) in [5.41, 5.74) is 6.47. The molecule has 17 heavy (non-hydrogen) atoms. The lowest BCUT2D eigenvalue weighted by Gasteiger charge is -2.15. The fourth-order valence-electron chi connectivity index (χ4n) is 2.03. The molecule has 1 aliphatic rings. The van der Waals surface area contributed by atoms with Crippen LogP contribution in [0.1, 0.15) is 12.0 Å². The van der Waals surface area contributed by atoms with Crippen LogP contribution >= 0.6 is 0 Å². The molecule has 1 aliphatic heterocycles. The second kappa shape index (κ2) is 4.62. The van der Waals surface area contributed by atoms with E-state index in [1.807, 2.05) is 0 Å². The third-order valence-electron chi connectivity index (χ3n) is 2.92. The first kappa shape index (κ1) is 12.3. The van der Waals surface area contributed by atoms with Crippen molar-refractivity contribution in [2.24, 2.45) is 5.73 Å². The molecule has 4 nitrogen and oxygen atoms in total. The number of anilines is 1. The average molecular weight is 258 g/mol. The molecule has 1 aromatic carbocycles. The maximum absolute atomic E-state index is 13.4. The highest BCUT2D eigenvalue weighted by atomic mass is 32.2. The quantitative estimate of drug-likeness (QED) is 0.844. The molecular formula is C11H15FN2O2S. The number of benzene rings is 1. The number of hydrogen-bond donors (Lipinski definition) is 2. The van der Waals surface area contributed by atoms with E-state index >= 15 is 0 Å². The van der Waals surface area contributed by atoms with Gasteiger partial charge in [-0.2, -0.15) is 0 Å². The number of halogens is 1. The lowest BCUT2D eigenvalue weighted by molar-refractivity contribution is 0.602. The van der Waals surface area contributed by atoms with E-state index in [0.717, 1.165) is 0 Å². The molecule has 0 bridgehead atoms. The SMILES string of the molecule is NCc1c(F)cccc1NC1CCS(=O)(=O)C1. The van der Waals surface area contributed by atoms with Gasteiger partial charge in [-0.1, -0.05) is 6.07 Å². The maximum Gasteiger partial charge on any atom is 0.152 e. The molecule has 1 saturated heterocycles. The summed E-state index contributed by atoms with van der Waals surface area (Å²) in [7, 11) is -2.93. The molecule has 0 amide bonds. The highest BCUT2D eigenvalue weighted by molar-refractivity contribution is 7.91. The van der Waals surface area contributed by atoms with Gasteiger partial charge in [0, 0.05) is 23.8 Å². The Morgan fingerprint density at radius 3 is 2.82 bits per heavy atom. The predicted octanol–water partition coefficient (Wildman–Crippen LogP) is 0.883. The van der Waals surface area contributed by atoms with Crippen molar-refractivity contribution in [2.75, 3.05) is 16.8 Å². The van der Waals surface area contributed by atoms with Gasteiger partial charge in [0.15, 0.2) is 9.84 Å². The first-order valence-electron chi connectivity index (χ1n) is 5.46. The summed E-state index contributed by atoms with van der Waals surface area (Å²) in [4.78, 5) is 0. The second-order valence-electron chi connectivity index (χ2n) is 4.21. The molecule has 0 spiro atoms. The van der Waals surface area contributed by atoms with Crippen molar-refractivity contribution >= 4 is 15.5 Å². The smallest absolute Gasteiger partial charge is 0.152 e. The summed E-state index contributed by atoms with van der Waals surface area (Å²) in [6, 6.07) is 4.50. The largest absolute Gasteiger partial charge is 0.381 e. The standard InChI is InChI=1S/C11H15FN2O2S/c12-10-2-1-3-11(9(10)6-13)14-8-4-5-17(15,16)7-8/h1-3,8,14H,4-7,13H2. The van der Waals surface area contributed by atoms with Crippen LogP contribution in [0.3, 0.4) is 0 Å². The van der Waals surface area contributed by atoms with Gasteiger partial charge in [0.1, 0.15) is 5.82 Å². The van der Waals surface area contributed by atoms with Crippen LogP contribution in [0.4, 0.5) is 10.1 Å². The second-order valence-corrected chi connectivity index (χ2v) is 6.44. The zero-order valence-corrected chi connectivity index (χ0v) is 10.1. The molecule has 6 heteroatoms.